The largest absolute Gasteiger partial charge is 0.493 e. The van der Waals surface area contributed by atoms with Gasteiger partial charge in [0.15, 0.2) is 23.5 Å². The number of hydrogen-bond donors (Lipinski definition) is 1. The maximum atomic E-state index is 13.0. The molecule has 0 amide bonds. The average molecular weight is 408 g/mol. The maximum Gasteiger partial charge on any atom is 0.341 e. The minimum atomic E-state index is -1.08. The van der Waals surface area contributed by atoms with Crippen LogP contribution in [0, 0.1) is 0 Å². The zero-order valence-electron chi connectivity index (χ0n) is 16.6. The van der Waals surface area contributed by atoms with Gasteiger partial charge in [-0.3, -0.25) is 4.79 Å². The van der Waals surface area contributed by atoms with Crippen LogP contribution in [0.4, 0.5) is 0 Å². The quantitative estimate of drug-likeness (QED) is 0.663. The fourth-order valence-electron chi connectivity index (χ4n) is 3.66. The van der Waals surface area contributed by atoms with Crippen LogP contribution in [-0.2, 0) is 11.2 Å². The molecule has 7 heteroatoms. The molecule has 1 N–H and O–H groups in total. The molecule has 3 aromatic rings. The molecule has 0 spiro atoms. The van der Waals surface area contributed by atoms with Crippen LogP contribution in [-0.4, -0.2) is 31.9 Å². The van der Waals surface area contributed by atoms with Crippen molar-refractivity contribution in [3.63, 3.8) is 0 Å². The van der Waals surface area contributed by atoms with Crippen molar-refractivity contribution in [2.45, 2.75) is 12.8 Å². The molecule has 0 fully saturated rings. The van der Waals surface area contributed by atoms with Crippen molar-refractivity contribution >= 4 is 28.6 Å². The smallest absolute Gasteiger partial charge is 0.341 e. The van der Waals surface area contributed by atoms with Crippen molar-refractivity contribution in [3.8, 4) is 17.2 Å². The minimum Gasteiger partial charge on any atom is -0.493 e. The van der Waals surface area contributed by atoms with Crippen LogP contribution in [0.3, 0.4) is 0 Å². The Balaban J connectivity index is 1.80. The second kappa shape index (κ2) is 7.94. The Morgan fingerprint density at radius 3 is 2.73 bits per heavy atom. The Bertz CT molecular complexity index is 1220. The Kier molecular flexibility index (Phi) is 5.18. The molecule has 1 aliphatic rings. The van der Waals surface area contributed by atoms with Gasteiger partial charge in [-0.2, -0.15) is 0 Å². The summed E-state index contributed by atoms with van der Waals surface area (Å²) in [5, 5.41) is 9.23. The van der Waals surface area contributed by atoms with Crippen LogP contribution in [0.1, 0.15) is 23.3 Å². The Morgan fingerprint density at radius 2 is 2.00 bits per heavy atom. The molecule has 0 aliphatic heterocycles. The fourth-order valence-corrected chi connectivity index (χ4v) is 3.66. The summed E-state index contributed by atoms with van der Waals surface area (Å²) in [6.45, 7) is -0.471. The van der Waals surface area contributed by atoms with Crippen molar-refractivity contribution in [1.29, 1.82) is 0 Å². The van der Waals surface area contributed by atoms with E-state index in [0.29, 0.717) is 52.4 Å². The number of carboxylic acid groups (broad SMARTS) is 1. The first-order chi connectivity index (χ1) is 14.5. The molecule has 1 heterocycles. The summed E-state index contributed by atoms with van der Waals surface area (Å²) in [6.07, 6.45) is 3.18. The van der Waals surface area contributed by atoms with Gasteiger partial charge in [-0.1, -0.05) is 12.1 Å². The lowest BCUT2D eigenvalue weighted by molar-refractivity contribution is -0.139. The third-order valence-electron chi connectivity index (χ3n) is 5.02. The highest BCUT2D eigenvalue weighted by Crippen LogP contribution is 2.38. The zero-order valence-corrected chi connectivity index (χ0v) is 16.6. The van der Waals surface area contributed by atoms with Crippen molar-refractivity contribution in [2.75, 3.05) is 20.8 Å². The molecule has 30 heavy (non-hydrogen) atoms. The van der Waals surface area contributed by atoms with Crippen LogP contribution in [0.25, 0.3) is 22.6 Å². The molecule has 0 atom stereocenters. The van der Waals surface area contributed by atoms with Gasteiger partial charge < -0.3 is 23.7 Å². The lowest BCUT2D eigenvalue weighted by atomic mass is 10.1. The SMILES string of the molecule is COc1cccc(C=C2CCc3c2oc2cc(OCC(=O)O)ccc2c3=O)c1OC. The highest BCUT2D eigenvalue weighted by Gasteiger charge is 2.24. The number of ether oxygens (including phenoxy) is 3. The molecule has 1 aromatic heterocycles. The highest BCUT2D eigenvalue weighted by atomic mass is 16.5. The van der Waals surface area contributed by atoms with E-state index in [9.17, 15) is 9.59 Å². The molecule has 154 valence electrons. The van der Waals surface area contributed by atoms with Gasteiger partial charge in [0.2, 0.25) is 0 Å². The number of carbonyl (C=O) groups is 1. The van der Waals surface area contributed by atoms with Gasteiger partial charge in [0.05, 0.1) is 19.6 Å². The summed E-state index contributed by atoms with van der Waals surface area (Å²) < 4.78 is 22.1. The second-order valence-corrected chi connectivity index (χ2v) is 6.83. The maximum absolute atomic E-state index is 13.0. The standard InChI is InChI=1S/C23H20O7/c1-27-18-5-3-4-13(23(18)28-2)10-14-6-8-17-21(26)16-9-7-15(29-12-20(24)25)11-19(16)30-22(14)17/h3-5,7,9-11H,6,8,12H2,1-2H3,(H,24,25). The van der Waals surface area contributed by atoms with Gasteiger partial charge in [-0.15, -0.1) is 0 Å². The second-order valence-electron chi connectivity index (χ2n) is 6.83. The number of aliphatic carboxylic acids is 1. The van der Waals surface area contributed by atoms with Crippen molar-refractivity contribution < 1.29 is 28.5 Å². The summed E-state index contributed by atoms with van der Waals surface area (Å²) in [4.78, 5) is 23.7. The molecule has 0 saturated carbocycles. The summed E-state index contributed by atoms with van der Waals surface area (Å²) in [6, 6.07) is 10.3. The Morgan fingerprint density at radius 1 is 1.17 bits per heavy atom. The van der Waals surface area contributed by atoms with E-state index < -0.39 is 12.6 Å². The fraction of sp³-hybridized carbons (Fsp3) is 0.217. The summed E-state index contributed by atoms with van der Waals surface area (Å²) in [5.74, 6) is 1.00. The van der Waals surface area contributed by atoms with Crippen LogP contribution in [0.15, 0.2) is 45.6 Å². The van der Waals surface area contributed by atoms with E-state index in [0.717, 1.165) is 11.1 Å². The van der Waals surface area contributed by atoms with Gasteiger partial charge in [-0.25, -0.2) is 4.79 Å². The number of allylic oxidation sites excluding steroid dienone is 1. The summed E-state index contributed by atoms with van der Waals surface area (Å²) in [7, 11) is 3.16. The molecular weight excluding hydrogens is 388 g/mol. The predicted octanol–water partition coefficient (Wildman–Crippen LogP) is 3.76. The van der Waals surface area contributed by atoms with Crippen molar-refractivity contribution in [3.05, 3.63) is 63.5 Å². The van der Waals surface area contributed by atoms with Gasteiger partial charge >= 0.3 is 5.97 Å². The number of rotatable bonds is 6. The molecule has 0 radical (unpaired) electrons. The van der Waals surface area contributed by atoms with Crippen LogP contribution in [0.2, 0.25) is 0 Å². The summed E-state index contributed by atoms with van der Waals surface area (Å²) in [5.41, 5.74) is 2.60. The molecule has 0 unspecified atom stereocenters. The van der Waals surface area contributed by atoms with E-state index >= 15 is 0 Å². The first-order valence-electron chi connectivity index (χ1n) is 9.38. The molecule has 0 saturated heterocycles. The third-order valence-corrected chi connectivity index (χ3v) is 5.02. The number of hydrogen-bond acceptors (Lipinski definition) is 6. The third kappa shape index (κ3) is 3.50. The Labute approximate surface area is 172 Å². The van der Waals surface area contributed by atoms with Crippen LogP contribution >= 0.6 is 0 Å². The molecule has 0 bridgehead atoms. The predicted molar refractivity (Wildman–Crippen MR) is 111 cm³/mol. The number of benzene rings is 2. The van der Waals surface area contributed by atoms with E-state index in [4.69, 9.17) is 23.7 Å². The van der Waals surface area contributed by atoms with E-state index in [2.05, 4.69) is 0 Å². The first kappa shape index (κ1) is 19.6. The van der Waals surface area contributed by atoms with Crippen molar-refractivity contribution in [1.82, 2.24) is 0 Å². The monoisotopic (exact) mass is 408 g/mol. The van der Waals surface area contributed by atoms with Gasteiger partial charge in [0.1, 0.15) is 17.1 Å². The molecule has 7 nitrogen and oxygen atoms in total. The van der Waals surface area contributed by atoms with Crippen LogP contribution < -0.4 is 19.6 Å². The van der Waals surface area contributed by atoms with Gasteiger partial charge in [0.25, 0.3) is 0 Å². The Hall–Kier alpha value is -3.74. The summed E-state index contributed by atoms with van der Waals surface area (Å²) >= 11 is 0. The van der Waals surface area contributed by atoms with E-state index in [1.807, 2.05) is 24.3 Å². The van der Waals surface area contributed by atoms with Crippen LogP contribution in [0.5, 0.6) is 17.2 Å². The number of fused-ring (bicyclic) bond motifs is 2. The number of carboxylic acids is 1. The normalized spacial score (nSPS) is 14.0. The highest BCUT2D eigenvalue weighted by molar-refractivity contribution is 5.88. The zero-order chi connectivity index (χ0) is 21.3. The van der Waals surface area contributed by atoms with Crippen molar-refractivity contribution in [2.24, 2.45) is 0 Å². The molecular formula is C23H20O7. The van der Waals surface area contributed by atoms with Gasteiger partial charge in [-0.05, 0) is 42.7 Å². The van der Waals surface area contributed by atoms with Gasteiger partial charge in [0, 0.05) is 17.2 Å². The number of methoxy groups -OCH3 is 2. The van der Waals surface area contributed by atoms with E-state index in [1.165, 1.54) is 0 Å². The van der Waals surface area contributed by atoms with E-state index in [1.54, 1.807) is 32.4 Å². The first-order valence-corrected chi connectivity index (χ1v) is 9.38. The lowest BCUT2D eigenvalue weighted by Gasteiger charge is -2.11. The minimum absolute atomic E-state index is 0.0861. The van der Waals surface area contributed by atoms with E-state index in [-0.39, 0.29) is 5.43 Å². The lowest BCUT2D eigenvalue weighted by Crippen LogP contribution is -2.10. The number of para-hydroxylation sites is 1. The molecule has 4 rings (SSSR count). The topological polar surface area (TPSA) is 95.2 Å². The average Bonchev–Trinajstić information content (AvgIpc) is 3.14. The molecule has 2 aromatic carbocycles. The molecule has 1 aliphatic carbocycles.